The maximum Gasteiger partial charge on any atom is 0.118 e. The molecule has 2 nitrogen and oxygen atoms in total. The van der Waals surface area contributed by atoms with Gasteiger partial charge in [0.25, 0.3) is 0 Å². The van der Waals surface area contributed by atoms with Crippen molar-refractivity contribution in [2.24, 2.45) is 0 Å². The van der Waals surface area contributed by atoms with Gasteiger partial charge in [-0.15, -0.1) is 0 Å². The summed E-state index contributed by atoms with van der Waals surface area (Å²) < 4.78 is 5.22. The summed E-state index contributed by atoms with van der Waals surface area (Å²) in [6.45, 7) is 3.13. The van der Waals surface area contributed by atoms with Gasteiger partial charge in [-0.05, 0) is 42.6 Å². The van der Waals surface area contributed by atoms with Gasteiger partial charge in [-0.25, -0.2) is 0 Å². The molecular weight excluding hydrogens is 246 g/mol. The van der Waals surface area contributed by atoms with Crippen molar-refractivity contribution in [3.63, 3.8) is 0 Å². The van der Waals surface area contributed by atoms with Crippen molar-refractivity contribution in [2.45, 2.75) is 25.8 Å². The number of hydrogen-bond donors (Lipinski definition) is 1. The lowest BCUT2D eigenvalue weighted by Gasteiger charge is -2.18. The summed E-state index contributed by atoms with van der Waals surface area (Å²) in [5, 5.41) is 3.57. The fourth-order valence-electron chi connectivity index (χ4n) is 2.42. The molecule has 2 aromatic carbocycles. The van der Waals surface area contributed by atoms with Crippen LogP contribution in [0.3, 0.4) is 0 Å². The van der Waals surface area contributed by atoms with E-state index in [0.29, 0.717) is 6.04 Å². The highest BCUT2D eigenvalue weighted by Crippen LogP contribution is 2.22. The summed E-state index contributed by atoms with van der Waals surface area (Å²) in [7, 11) is 1.70. The van der Waals surface area contributed by atoms with Gasteiger partial charge >= 0.3 is 0 Å². The zero-order chi connectivity index (χ0) is 14.2. The van der Waals surface area contributed by atoms with Gasteiger partial charge in [-0.3, -0.25) is 0 Å². The standard InChI is InChI=1S/C18H23NO/c1-3-19-18(14-9-15-7-5-4-6-8-15)16-10-12-17(20-2)13-11-16/h4-8,10-13,18-19H,3,9,14H2,1-2H3. The second-order valence-corrected chi connectivity index (χ2v) is 4.91. The first kappa shape index (κ1) is 14.6. The second-order valence-electron chi connectivity index (χ2n) is 4.91. The van der Waals surface area contributed by atoms with Gasteiger partial charge in [0.2, 0.25) is 0 Å². The van der Waals surface area contributed by atoms with Crippen molar-refractivity contribution in [3.8, 4) is 5.75 Å². The first-order valence-corrected chi connectivity index (χ1v) is 7.24. The summed E-state index contributed by atoms with van der Waals surface area (Å²) in [6, 6.07) is 19.4. The summed E-state index contributed by atoms with van der Waals surface area (Å²) in [5.74, 6) is 0.909. The number of methoxy groups -OCH3 is 1. The Balaban J connectivity index is 2.02. The van der Waals surface area contributed by atoms with Crippen molar-refractivity contribution in [1.82, 2.24) is 5.32 Å². The molecule has 0 aliphatic heterocycles. The minimum absolute atomic E-state index is 0.395. The molecule has 106 valence electrons. The first-order chi connectivity index (χ1) is 9.83. The molecule has 0 aliphatic rings. The van der Waals surface area contributed by atoms with Crippen molar-refractivity contribution in [1.29, 1.82) is 0 Å². The maximum absolute atomic E-state index is 5.22. The average molecular weight is 269 g/mol. The normalized spacial score (nSPS) is 12.1. The highest BCUT2D eigenvalue weighted by Gasteiger charge is 2.10. The third-order valence-electron chi connectivity index (χ3n) is 3.53. The van der Waals surface area contributed by atoms with Crippen LogP contribution in [0, 0.1) is 0 Å². The van der Waals surface area contributed by atoms with Gasteiger partial charge in [0, 0.05) is 6.04 Å². The highest BCUT2D eigenvalue weighted by atomic mass is 16.5. The molecule has 1 unspecified atom stereocenters. The molecule has 0 fully saturated rings. The number of nitrogens with one attached hydrogen (secondary N) is 1. The Kier molecular flexibility index (Phi) is 5.63. The predicted octanol–water partition coefficient (Wildman–Crippen LogP) is 3.98. The number of hydrogen-bond acceptors (Lipinski definition) is 2. The summed E-state index contributed by atoms with van der Waals surface area (Å²) in [4.78, 5) is 0. The van der Waals surface area contributed by atoms with Gasteiger partial charge < -0.3 is 10.1 Å². The SMILES string of the molecule is CCNC(CCc1ccccc1)c1ccc(OC)cc1. The van der Waals surface area contributed by atoms with Gasteiger partial charge in [0.05, 0.1) is 7.11 Å². The van der Waals surface area contributed by atoms with Crippen LogP contribution >= 0.6 is 0 Å². The zero-order valence-electron chi connectivity index (χ0n) is 12.3. The average Bonchev–Trinajstić information content (AvgIpc) is 2.52. The lowest BCUT2D eigenvalue weighted by atomic mass is 9.99. The second kappa shape index (κ2) is 7.71. The lowest BCUT2D eigenvalue weighted by Crippen LogP contribution is -2.21. The zero-order valence-corrected chi connectivity index (χ0v) is 12.3. The van der Waals surface area contributed by atoms with Crippen molar-refractivity contribution < 1.29 is 4.74 Å². The van der Waals surface area contributed by atoms with E-state index in [1.54, 1.807) is 7.11 Å². The van der Waals surface area contributed by atoms with E-state index < -0.39 is 0 Å². The molecule has 0 radical (unpaired) electrons. The molecule has 0 saturated heterocycles. The fraction of sp³-hybridized carbons (Fsp3) is 0.333. The Hall–Kier alpha value is -1.80. The number of ether oxygens (including phenoxy) is 1. The van der Waals surface area contributed by atoms with Crippen LogP contribution in [0.5, 0.6) is 5.75 Å². The molecular formula is C18H23NO. The maximum atomic E-state index is 5.22. The molecule has 0 amide bonds. The Morgan fingerprint density at radius 1 is 1.00 bits per heavy atom. The third-order valence-corrected chi connectivity index (χ3v) is 3.53. The van der Waals surface area contributed by atoms with Gasteiger partial charge in [-0.1, -0.05) is 49.4 Å². The van der Waals surface area contributed by atoms with Crippen molar-refractivity contribution in [3.05, 3.63) is 65.7 Å². The Morgan fingerprint density at radius 3 is 2.30 bits per heavy atom. The molecule has 2 aromatic rings. The van der Waals surface area contributed by atoms with E-state index in [1.165, 1.54) is 11.1 Å². The molecule has 0 saturated carbocycles. The summed E-state index contributed by atoms with van der Waals surface area (Å²) in [5.41, 5.74) is 2.72. The molecule has 0 aliphatic carbocycles. The molecule has 2 rings (SSSR count). The Morgan fingerprint density at radius 2 is 1.70 bits per heavy atom. The number of aryl methyl sites for hydroxylation is 1. The van der Waals surface area contributed by atoms with Crippen LogP contribution in [0.4, 0.5) is 0 Å². The summed E-state index contributed by atoms with van der Waals surface area (Å²) in [6.07, 6.45) is 2.19. The molecule has 20 heavy (non-hydrogen) atoms. The van der Waals surface area contributed by atoms with E-state index in [2.05, 4.69) is 54.7 Å². The van der Waals surface area contributed by atoms with E-state index in [0.717, 1.165) is 25.1 Å². The van der Waals surface area contributed by atoms with Crippen LogP contribution in [0.1, 0.15) is 30.5 Å². The number of rotatable bonds is 7. The molecule has 1 N–H and O–H groups in total. The minimum Gasteiger partial charge on any atom is -0.497 e. The molecule has 2 heteroatoms. The Bertz CT molecular complexity index is 493. The third kappa shape index (κ3) is 4.10. The van der Waals surface area contributed by atoms with E-state index in [-0.39, 0.29) is 0 Å². The highest BCUT2D eigenvalue weighted by molar-refractivity contribution is 5.29. The largest absolute Gasteiger partial charge is 0.497 e. The predicted molar refractivity (Wildman–Crippen MR) is 84.2 cm³/mol. The van der Waals surface area contributed by atoms with E-state index in [4.69, 9.17) is 4.74 Å². The van der Waals surface area contributed by atoms with Gasteiger partial charge in [0.1, 0.15) is 5.75 Å². The molecule has 0 aromatic heterocycles. The first-order valence-electron chi connectivity index (χ1n) is 7.24. The fourth-order valence-corrected chi connectivity index (χ4v) is 2.42. The van der Waals surface area contributed by atoms with Gasteiger partial charge in [-0.2, -0.15) is 0 Å². The van der Waals surface area contributed by atoms with Crippen LogP contribution in [0.15, 0.2) is 54.6 Å². The molecule has 0 heterocycles. The number of benzene rings is 2. The van der Waals surface area contributed by atoms with Crippen LogP contribution in [-0.2, 0) is 6.42 Å². The minimum atomic E-state index is 0.395. The van der Waals surface area contributed by atoms with Crippen LogP contribution < -0.4 is 10.1 Å². The summed E-state index contributed by atoms with van der Waals surface area (Å²) >= 11 is 0. The smallest absolute Gasteiger partial charge is 0.118 e. The van der Waals surface area contributed by atoms with Crippen molar-refractivity contribution in [2.75, 3.05) is 13.7 Å². The van der Waals surface area contributed by atoms with Crippen molar-refractivity contribution >= 4 is 0 Å². The van der Waals surface area contributed by atoms with Crippen LogP contribution in [0.2, 0.25) is 0 Å². The topological polar surface area (TPSA) is 21.3 Å². The van der Waals surface area contributed by atoms with E-state index >= 15 is 0 Å². The van der Waals surface area contributed by atoms with Crippen LogP contribution in [-0.4, -0.2) is 13.7 Å². The Labute approximate surface area is 121 Å². The monoisotopic (exact) mass is 269 g/mol. The van der Waals surface area contributed by atoms with Gasteiger partial charge in [0.15, 0.2) is 0 Å². The van der Waals surface area contributed by atoms with Crippen LogP contribution in [0.25, 0.3) is 0 Å². The molecule has 1 atom stereocenters. The molecule has 0 bridgehead atoms. The van der Waals surface area contributed by atoms with E-state index in [1.807, 2.05) is 12.1 Å². The molecule has 0 spiro atoms. The lowest BCUT2D eigenvalue weighted by molar-refractivity contribution is 0.414. The van der Waals surface area contributed by atoms with E-state index in [9.17, 15) is 0 Å². The quantitative estimate of drug-likeness (QED) is 0.821.